The fraction of sp³-hybridized carbons (Fsp3) is 0.400. The maximum Gasteiger partial charge on any atom is 0.315 e. The Morgan fingerprint density at radius 1 is 1.39 bits per heavy atom. The molecule has 1 aromatic carbocycles. The maximum atomic E-state index is 12.3. The molecule has 0 aliphatic carbocycles. The van der Waals surface area contributed by atoms with E-state index in [4.69, 9.17) is 13.9 Å². The highest BCUT2D eigenvalue weighted by atomic mass is 16.5. The first kappa shape index (κ1) is 18.4. The van der Waals surface area contributed by atoms with E-state index >= 15 is 0 Å². The molecule has 148 valence electrons. The molecule has 4 rings (SSSR count). The van der Waals surface area contributed by atoms with Crippen LogP contribution in [0.3, 0.4) is 0 Å². The number of hydrogen-bond acceptors (Lipinski definition) is 6. The molecule has 3 heterocycles. The summed E-state index contributed by atoms with van der Waals surface area (Å²) < 4.78 is 16.2. The number of rotatable bonds is 6. The third kappa shape index (κ3) is 3.20. The number of carbonyl (C=O) groups excluding carboxylic acids is 1. The molecule has 2 aromatic rings. The highest BCUT2D eigenvalue weighted by Gasteiger charge is 2.56. The minimum absolute atomic E-state index is 0.0671. The number of fused-ring (bicyclic) bond motifs is 3. The first-order chi connectivity index (χ1) is 13.5. The molecule has 2 aliphatic rings. The van der Waals surface area contributed by atoms with Crippen LogP contribution in [0, 0.1) is 5.41 Å². The fourth-order valence-corrected chi connectivity index (χ4v) is 4.07. The van der Waals surface area contributed by atoms with Crippen LogP contribution < -0.4 is 14.8 Å². The molecule has 28 heavy (non-hydrogen) atoms. The van der Waals surface area contributed by atoms with Gasteiger partial charge in [0.1, 0.15) is 29.3 Å². The summed E-state index contributed by atoms with van der Waals surface area (Å²) in [5.74, 6) is 0.641. The Bertz CT molecular complexity index is 881. The molecular formula is C20H22N2O6. The van der Waals surface area contributed by atoms with Gasteiger partial charge in [0.25, 0.3) is 0 Å². The lowest BCUT2D eigenvalue weighted by Crippen LogP contribution is -2.46. The van der Waals surface area contributed by atoms with Crippen LogP contribution in [0.1, 0.15) is 17.2 Å². The van der Waals surface area contributed by atoms with Gasteiger partial charge in [-0.1, -0.05) is 6.07 Å². The van der Waals surface area contributed by atoms with Gasteiger partial charge in [-0.3, -0.25) is 14.5 Å². The number of carboxylic acids is 1. The molecule has 8 heteroatoms. The van der Waals surface area contributed by atoms with E-state index < -0.39 is 11.4 Å². The second kappa shape index (κ2) is 7.20. The van der Waals surface area contributed by atoms with Crippen molar-refractivity contribution < 1.29 is 28.6 Å². The number of carboxylic acid groups (broad SMARTS) is 1. The van der Waals surface area contributed by atoms with E-state index in [1.165, 1.54) is 0 Å². The number of furan rings is 1. The zero-order valence-corrected chi connectivity index (χ0v) is 15.5. The Morgan fingerprint density at radius 2 is 2.25 bits per heavy atom. The summed E-state index contributed by atoms with van der Waals surface area (Å²) in [7, 11) is 1.57. The maximum absolute atomic E-state index is 12.3. The van der Waals surface area contributed by atoms with Crippen LogP contribution in [-0.2, 0) is 16.1 Å². The van der Waals surface area contributed by atoms with Crippen molar-refractivity contribution in [3.63, 3.8) is 0 Å². The van der Waals surface area contributed by atoms with E-state index in [2.05, 4.69) is 5.32 Å². The molecular weight excluding hydrogens is 364 g/mol. The number of nitrogens with zero attached hydrogens (tertiary/aromatic N) is 1. The SMILES string of the molecule is COc1ccc2c(c1)OC[C@]1(C(=O)O)CN(CC(=O)NCc3ccco3)C[C@H]21. The third-order valence-corrected chi connectivity index (χ3v) is 5.53. The molecule has 0 unspecified atom stereocenters. The first-order valence-corrected chi connectivity index (χ1v) is 9.07. The van der Waals surface area contributed by atoms with Gasteiger partial charge in [0, 0.05) is 30.6 Å². The molecule has 2 atom stereocenters. The number of methoxy groups -OCH3 is 1. The lowest BCUT2D eigenvalue weighted by Gasteiger charge is -2.36. The van der Waals surface area contributed by atoms with Crippen molar-refractivity contribution in [1.82, 2.24) is 10.2 Å². The van der Waals surface area contributed by atoms with Gasteiger partial charge in [-0.05, 0) is 18.2 Å². The minimum atomic E-state index is -1.07. The normalized spacial score (nSPS) is 23.4. The monoisotopic (exact) mass is 386 g/mol. The standard InChI is InChI=1S/C20H22N2O6/c1-26-13-4-5-15-16-9-22(10-18(23)21-8-14-3-2-6-27-14)11-20(16,19(24)25)12-28-17(15)7-13/h2-7,16H,8-12H2,1H3,(H,21,23)(H,24,25)/t16-,20-/m1/s1. The number of aliphatic carboxylic acids is 1. The van der Waals surface area contributed by atoms with Gasteiger partial charge in [0.15, 0.2) is 0 Å². The second-order valence-electron chi connectivity index (χ2n) is 7.23. The van der Waals surface area contributed by atoms with Gasteiger partial charge >= 0.3 is 5.97 Å². The number of benzene rings is 1. The van der Waals surface area contributed by atoms with Crippen LogP contribution >= 0.6 is 0 Å². The van der Waals surface area contributed by atoms with Crippen LogP contribution in [0.25, 0.3) is 0 Å². The van der Waals surface area contributed by atoms with Crippen LogP contribution in [0.5, 0.6) is 11.5 Å². The topological polar surface area (TPSA) is 101 Å². The number of carbonyl (C=O) groups is 2. The fourth-order valence-electron chi connectivity index (χ4n) is 4.07. The van der Waals surface area contributed by atoms with Crippen molar-refractivity contribution >= 4 is 11.9 Å². The predicted molar refractivity (Wildman–Crippen MR) is 98.3 cm³/mol. The summed E-state index contributed by atoms with van der Waals surface area (Å²) >= 11 is 0. The summed E-state index contributed by atoms with van der Waals surface area (Å²) in [5.41, 5.74) is -0.226. The van der Waals surface area contributed by atoms with Gasteiger partial charge in [-0.2, -0.15) is 0 Å². The molecule has 1 saturated heterocycles. The summed E-state index contributed by atoms with van der Waals surface area (Å²) in [4.78, 5) is 26.3. The largest absolute Gasteiger partial charge is 0.497 e. The van der Waals surface area contributed by atoms with Crippen LogP contribution in [0.4, 0.5) is 0 Å². The van der Waals surface area contributed by atoms with Crippen molar-refractivity contribution in [1.29, 1.82) is 0 Å². The Hall–Kier alpha value is -3.00. The Morgan fingerprint density at radius 3 is 2.96 bits per heavy atom. The van der Waals surface area contributed by atoms with Crippen molar-refractivity contribution in [3.05, 3.63) is 47.9 Å². The molecule has 2 N–H and O–H groups in total. The molecule has 8 nitrogen and oxygen atoms in total. The molecule has 1 aromatic heterocycles. The van der Waals surface area contributed by atoms with E-state index in [0.717, 1.165) is 5.56 Å². The van der Waals surface area contributed by atoms with Crippen molar-refractivity contribution in [3.8, 4) is 11.5 Å². The first-order valence-electron chi connectivity index (χ1n) is 9.07. The zero-order valence-electron chi connectivity index (χ0n) is 15.5. The number of ether oxygens (including phenoxy) is 2. The van der Waals surface area contributed by atoms with Crippen LogP contribution in [0.15, 0.2) is 41.0 Å². The number of amides is 1. The van der Waals surface area contributed by atoms with Crippen molar-refractivity contribution in [2.45, 2.75) is 12.5 Å². The van der Waals surface area contributed by atoms with Gasteiger partial charge in [-0.15, -0.1) is 0 Å². The van der Waals surface area contributed by atoms with E-state index in [9.17, 15) is 14.7 Å². The van der Waals surface area contributed by atoms with Gasteiger partial charge in [0.05, 0.1) is 26.5 Å². The van der Waals surface area contributed by atoms with E-state index in [1.807, 2.05) is 11.0 Å². The molecule has 0 bridgehead atoms. The number of likely N-dealkylation sites (tertiary alicyclic amines) is 1. The van der Waals surface area contributed by atoms with Crippen molar-refractivity contribution in [2.24, 2.45) is 5.41 Å². The number of hydrogen-bond donors (Lipinski definition) is 2. The van der Waals surface area contributed by atoms with E-state index in [0.29, 0.717) is 30.3 Å². The predicted octanol–water partition coefficient (Wildman–Crippen LogP) is 1.47. The average Bonchev–Trinajstić information content (AvgIpc) is 3.33. The molecule has 1 amide bonds. The third-order valence-electron chi connectivity index (χ3n) is 5.53. The highest BCUT2D eigenvalue weighted by molar-refractivity contribution is 5.80. The summed E-state index contributed by atoms with van der Waals surface area (Å²) in [6.07, 6.45) is 1.55. The molecule has 2 aliphatic heterocycles. The molecule has 1 fully saturated rings. The Labute approximate surface area is 162 Å². The van der Waals surface area contributed by atoms with Crippen molar-refractivity contribution in [2.75, 3.05) is 33.4 Å². The summed E-state index contributed by atoms with van der Waals surface area (Å²) in [6, 6.07) is 8.98. The van der Waals surface area contributed by atoms with E-state index in [-0.39, 0.29) is 31.5 Å². The lowest BCUT2D eigenvalue weighted by atomic mass is 9.73. The quantitative estimate of drug-likeness (QED) is 0.775. The Balaban J connectivity index is 1.49. The smallest absolute Gasteiger partial charge is 0.315 e. The molecule has 0 saturated carbocycles. The van der Waals surface area contributed by atoms with Gasteiger partial charge in [-0.25, -0.2) is 0 Å². The number of nitrogens with one attached hydrogen (secondary N) is 1. The van der Waals surface area contributed by atoms with Gasteiger partial charge < -0.3 is 24.3 Å². The highest BCUT2D eigenvalue weighted by Crippen LogP contribution is 2.50. The second-order valence-corrected chi connectivity index (χ2v) is 7.23. The average molecular weight is 386 g/mol. The van der Waals surface area contributed by atoms with Crippen LogP contribution in [-0.4, -0.2) is 55.2 Å². The summed E-state index contributed by atoms with van der Waals surface area (Å²) in [5, 5.41) is 12.8. The van der Waals surface area contributed by atoms with Gasteiger partial charge in [0.2, 0.25) is 5.91 Å². The van der Waals surface area contributed by atoms with E-state index in [1.54, 1.807) is 37.6 Å². The molecule has 0 spiro atoms. The Kier molecular flexibility index (Phi) is 4.72. The summed E-state index contributed by atoms with van der Waals surface area (Å²) in [6.45, 7) is 1.23. The zero-order chi connectivity index (χ0) is 19.7. The minimum Gasteiger partial charge on any atom is -0.497 e. The molecule has 0 radical (unpaired) electrons. The van der Waals surface area contributed by atoms with Crippen LogP contribution in [0.2, 0.25) is 0 Å². The lowest BCUT2D eigenvalue weighted by molar-refractivity contribution is -0.152.